The number of hydrogen-bond acceptors (Lipinski definition) is 5. The van der Waals surface area contributed by atoms with Gasteiger partial charge in [0.25, 0.3) is 11.6 Å². The lowest BCUT2D eigenvalue weighted by atomic mass is 10.2. The van der Waals surface area contributed by atoms with Crippen LogP contribution in [0.25, 0.3) is 0 Å². The van der Waals surface area contributed by atoms with Gasteiger partial charge in [0.05, 0.1) is 4.92 Å². The number of hydrogen-bond donors (Lipinski definition) is 2. The van der Waals surface area contributed by atoms with E-state index >= 15 is 0 Å². The van der Waals surface area contributed by atoms with Crippen molar-refractivity contribution in [1.82, 2.24) is 0 Å². The molecule has 0 saturated carbocycles. The Labute approximate surface area is 152 Å². The van der Waals surface area contributed by atoms with Crippen molar-refractivity contribution in [2.75, 3.05) is 10.6 Å². The smallest absolute Gasteiger partial charge is 0.269 e. The van der Waals surface area contributed by atoms with E-state index in [4.69, 9.17) is 5.26 Å². The van der Waals surface area contributed by atoms with E-state index in [-0.39, 0.29) is 11.3 Å². The molecule has 7 nitrogen and oxygen atoms in total. The van der Waals surface area contributed by atoms with Gasteiger partial charge in [0, 0.05) is 34.2 Å². The lowest BCUT2D eigenvalue weighted by Gasteiger charge is -2.06. The van der Waals surface area contributed by atoms with Crippen LogP contribution in [0.1, 0.15) is 5.56 Å². The third-order valence-corrected chi connectivity index (χ3v) is 4.13. The molecule has 0 aliphatic rings. The average molecular weight is 401 g/mol. The Bertz CT molecular complexity index is 886. The number of amides is 1. The zero-order chi connectivity index (χ0) is 18.4. The highest BCUT2D eigenvalue weighted by molar-refractivity contribution is 9.10. The third-order valence-electron chi connectivity index (χ3n) is 3.24. The molecule has 0 radical (unpaired) electrons. The Morgan fingerprint density at radius 1 is 1.24 bits per heavy atom. The maximum Gasteiger partial charge on any atom is 0.269 e. The van der Waals surface area contributed by atoms with Gasteiger partial charge in [0.2, 0.25) is 0 Å². The van der Waals surface area contributed by atoms with E-state index in [1.165, 1.54) is 30.5 Å². The van der Waals surface area contributed by atoms with Gasteiger partial charge in [0.1, 0.15) is 11.6 Å². The molecule has 0 unspecified atom stereocenters. The second-order valence-electron chi connectivity index (χ2n) is 5.04. The molecule has 0 aromatic heterocycles. The minimum absolute atomic E-state index is 0.0821. The first-order valence-electron chi connectivity index (χ1n) is 7.09. The van der Waals surface area contributed by atoms with Crippen LogP contribution < -0.4 is 10.6 Å². The van der Waals surface area contributed by atoms with Crippen molar-refractivity contribution in [2.45, 2.75) is 6.92 Å². The molecule has 0 bridgehead atoms. The van der Waals surface area contributed by atoms with Gasteiger partial charge in [-0.2, -0.15) is 5.26 Å². The first-order chi connectivity index (χ1) is 11.9. The summed E-state index contributed by atoms with van der Waals surface area (Å²) in [5, 5.41) is 25.2. The van der Waals surface area contributed by atoms with Crippen molar-refractivity contribution in [3.63, 3.8) is 0 Å². The normalized spacial score (nSPS) is 10.7. The van der Waals surface area contributed by atoms with Crippen LogP contribution >= 0.6 is 15.9 Å². The Morgan fingerprint density at radius 2 is 1.88 bits per heavy atom. The number of anilines is 2. The fourth-order valence-electron chi connectivity index (χ4n) is 1.90. The number of aryl methyl sites for hydroxylation is 1. The summed E-state index contributed by atoms with van der Waals surface area (Å²) < 4.78 is 0.957. The van der Waals surface area contributed by atoms with Crippen LogP contribution in [0.4, 0.5) is 17.1 Å². The van der Waals surface area contributed by atoms with Crippen molar-refractivity contribution in [2.24, 2.45) is 0 Å². The number of halogens is 1. The second-order valence-corrected chi connectivity index (χ2v) is 5.89. The molecule has 0 atom stereocenters. The van der Waals surface area contributed by atoms with E-state index < -0.39 is 10.8 Å². The highest BCUT2D eigenvalue weighted by Gasteiger charge is 2.11. The number of nitrogens with one attached hydrogen (secondary N) is 2. The fourth-order valence-corrected chi connectivity index (χ4v) is 2.15. The molecule has 2 aromatic carbocycles. The predicted octanol–water partition coefficient (Wildman–Crippen LogP) is 4.12. The first kappa shape index (κ1) is 18.2. The van der Waals surface area contributed by atoms with Gasteiger partial charge < -0.3 is 10.6 Å². The summed E-state index contributed by atoms with van der Waals surface area (Å²) >= 11 is 3.40. The van der Waals surface area contributed by atoms with Crippen LogP contribution in [-0.2, 0) is 4.79 Å². The molecule has 2 N–H and O–H groups in total. The van der Waals surface area contributed by atoms with Crippen molar-refractivity contribution < 1.29 is 9.72 Å². The Kier molecular flexibility index (Phi) is 5.87. The van der Waals surface area contributed by atoms with Gasteiger partial charge in [-0.25, -0.2) is 0 Å². The molecule has 2 rings (SSSR count). The van der Waals surface area contributed by atoms with Crippen LogP contribution in [0.3, 0.4) is 0 Å². The number of nitro groups is 1. The molecule has 126 valence electrons. The number of rotatable bonds is 5. The Balaban J connectivity index is 2.08. The summed E-state index contributed by atoms with van der Waals surface area (Å²) in [6.07, 6.45) is 1.31. The number of non-ortho nitro benzene ring substituents is 1. The second kappa shape index (κ2) is 8.08. The summed E-state index contributed by atoms with van der Waals surface area (Å²) in [7, 11) is 0. The number of nitrogens with zero attached hydrogens (tertiary/aromatic N) is 2. The molecule has 25 heavy (non-hydrogen) atoms. The molecule has 1 amide bonds. The molecular weight excluding hydrogens is 388 g/mol. The largest absolute Gasteiger partial charge is 0.360 e. The lowest BCUT2D eigenvalue weighted by molar-refractivity contribution is -0.384. The Morgan fingerprint density at radius 3 is 2.44 bits per heavy atom. The summed E-state index contributed by atoms with van der Waals surface area (Å²) in [6.45, 7) is 1.92. The minimum atomic E-state index is -0.613. The summed E-state index contributed by atoms with van der Waals surface area (Å²) in [4.78, 5) is 22.2. The molecule has 2 aromatic rings. The fraction of sp³-hybridized carbons (Fsp3) is 0.0588. The molecular formula is C17H13BrN4O3. The molecule has 0 fully saturated rings. The predicted molar refractivity (Wildman–Crippen MR) is 97.9 cm³/mol. The summed E-state index contributed by atoms with van der Waals surface area (Å²) in [5.74, 6) is -0.613. The van der Waals surface area contributed by atoms with E-state index in [1.54, 1.807) is 6.07 Å². The highest BCUT2D eigenvalue weighted by atomic mass is 79.9. The number of carbonyl (C=O) groups is 1. The van der Waals surface area contributed by atoms with Crippen LogP contribution in [-0.4, -0.2) is 10.8 Å². The van der Waals surface area contributed by atoms with Crippen LogP contribution in [0, 0.1) is 28.4 Å². The molecule has 0 heterocycles. The van der Waals surface area contributed by atoms with Crippen LogP contribution in [0.5, 0.6) is 0 Å². The number of carbonyl (C=O) groups excluding carboxylic acids is 1. The molecule has 0 aliphatic carbocycles. The van der Waals surface area contributed by atoms with Gasteiger partial charge in [0.15, 0.2) is 0 Å². The van der Waals surface area contributed by atoms with Crippen molar-refractivity contribution in [3.8, 4) is 6.07 Å². The monoisotopic (exact) mass is 400 g/mol. The Hall–Kier alpha value is -3.18. The van der Waals surface area contributed by atoms with Gasteiger partial charge >= 0.3 is 0 Å². The highest BCUT2D eigenvalue weighted by Crippen LogP contribution is 2.20. The molecule has 0 saturated heterocycles. The number of nitriles is 1. The third kappa shape index (κ3) is 4.89. The molecule has 8 heteroatoms. The zero-order valence-electron chi connectivity index (χ0n) is 13.1. The first-order valence-corrected chi connectivity index (χ1v) is 7.89. The van der Waals surface area contributed by atoms with E-state index in [2.05, 4.69) is 26.6 Å². The topological polar surface area (TPSA) is 108 Å². The average Bonchev–Trinajstić information content (AvgIpc) is 2.59. The molecule has 0 aliphatic heterocycles. The van der Waals surface area contributed by atoms with Crippen LogP contribution in [0.2, 0.25) is 0 Å². The SMILES string of the molecule is Cc1cc(N/C=C(/C#N)C(=O)Nc2ccc([N+](=O)[O-])cc2)ccc1Br. The van der Waals surface area contributed by atoms with Crippen molar-refractivity contribution >= 4 is 38.9 Å². The number of nitro benzene ring substituents is 1. The van der Waals surface area contributed by atoms with Gasteiger partial charge in [-0.05, 0) is 42.8 Å². The standard InChI is InChI=1S/C17H13BrN4O3/c1-11-8-14(4-7-16(11)18)20-10-12(9-19)17(23)21-13-2-5-15(6-3-13)22(24)25/h2-8,10,20H,1H3,(H,21,23)/b12-10-. The van der Waals surface area contributed by atoms with Crippen molar-refractivity contribution in [1.29, 1.82) is 5.26 Å². The van der Waals surface area contributed by atoms with E-state index in [9.17, 15) is 14.9 Å². The van der Waals surface area contributed by atoms with E-state index in [0.717, 1.165) is 15.7 Å². The zero-order valence-corrected chi connectivity index (χ0v) is 14.7. The lowest BCUT2D eigenvalue weighted by Crippen LogP contribution is -2.14. The minimum Gasteiger partial charge on any atom is -0.360 e. The quantitative estimate of drug-likeness (QED) is 0.339. The van der Waals surface area contributed by atoms with E-state index in [0.29, 0.717) is 5.69 Å². The van der Waals surface area contributed by atoms with Crippen LogP contribution in [0.15, 0.2) is 58.7 Å². The summed E-state index contributed by atoms with van der Waals surface area (Å²) in [6, 6.07) is 12.7. The maximum absolute atomic E-state index is 12.1. The van der Waals surface area contributed by atoms with Gasteiger partial charge in [-0.3, -0.25) is 14.9 Å². The van der Waals surface area contributed by atoms with Gasteiger partial charge in [-0.15, -0.1) is 0 Å². The van der Waals surface area contributed by atoms with Crippen molar-refractivity contribution in [3.05, 3.63) is 74.4 Å². The van der Waals surface area contributed by atoms with Gasteiger partial charge in [-0.1, -0.05) is 15.9 Å². The molecule has 0 spiro atoms. The summed E-state index contributed by atoms with van der Waals surface area (Å²) in [5.41, 5.74) is 1.89. The van der Waals surface area contributed by atoms with E-state index in [1.807, 2.05) is 25.1 Å². The maximum atomic E-state index is 12.1. The number of benzene rings is 2.